The maximum atomic E-state index is 11.8. The second kappa shape index (κ2) is 7.89. The molecule has 2 aromatic rings. The molecule has 0 aliphatic heterocycles. The van der Waals surface area contributed by atoms with Crippen molar-refractivity contribution < 1.29 is 9.53 Å². The molecule has 2 amide bonds. The van der Waals surface area contributed by atoms with E-state index in [1.165, 1.54) is 0 Å². The first-order valence-electron chi connectivity index (χ1n) is 6.94. The Kier molecular flexibility index (Phi) is 5.58. The first-order valence-corrected chi connectivity index (χ1v) is 6.94. The van der Waals surface area contributed by atoms with Crippen LogP contribution < -0.4 is 15.4 Å². The van der Waals surface area contributed by atoms with Crippen LogP contribution in [0.15, 0.2) is 48.8 Å². The highest BCUT2D eigenvalue weighted by Gasteiger charge is 2.02. The van der Waals surface area contributed by atoms with E-state index in [1.54, 1.807) is 12.4 Å². The molecule has 110 valence electrons. The molecule has 0 bridgehead atoms. The van der Waals surface area contributed by atoms with Gasteiger partial charge in [0, 0.05) is 24.6 Å². The van der Waals surface area contributed by atoms with Crippen LogP contribution in [0.25, 0.3) is 0 Å². The summed E-state index contributed by atoms with van der Waals surface area (Å²) in [6.07, 6.45) is 4.39. The maximum Gasteiger partial charge on any atom is 0.319 e. The molecule has 2 rings (SSSR count). The van der Waals surface area contributed by atoms with E-state index in [0.717, 1.165) is 23.4 Å². The monoisotopic (exact) mass is 285 g/mol. The second-order valence-corrected chi connectivity index (χ2v) is 4.54. The number of carbonyl (C=O) groups is 1. The Morgan fingerprint density at radius 2 is 2.05 bits per heavy atom. The molecule has 0 unspecified atom stereocenters. The zero-order chi connectivity index (χ0) is 14.9. The molecule has 1 heterocycles. The van der Waals surface area contributed by atoms with Gasteiger partial charge in [-0.15, -0.1) is 0 Å². The van der Waals surface area contributed by atoms with Crippen molar-refractivity contribution in [3.8, 4) is 5.75 Å². The fraction of sp³-hybridized carbons (Fsp3) is 0.250. The van der Waals surface area contributed by atoms with Crippen LogP contribution in [0.2, 0.25) is 0 Å². The number of pyridine rings is 1. The van der Waals surface area contributed by atoms with Crippen LogP contribution in [0.5, 0.6) is 5.75 Å². The van der Waals surface area contributed by atoms with Crippen LogP contribution in [0.3, 0.4) is 0 Å². The number of amides is 2. The summed E-state index contributed by atoms with van der Waals surface area (Å²) < 4.78 is 5.49. The molecule has 5 nitrogen and oxygen atoms in total. The number of nitrogens with zero attached hydrogens (tertiary/aromatic N) is 1. The Labute approximate surface area is 124 Å². The first kappa shape index (κ1) is 14.8. The summed E-state index contributed by atoms with van der Waals surface area (Å²) in [6.45, 7) is 3.19. The first-order chi connectivity index (χ1) is 10.3. The van der Waals surface area contributed by atoms with Gasteiger partial charge in [-0.3, -0.25) is 4.98 Å². The van der Waals surface area contributed by atoms with E-state index in [4.69, 9.17) is 4.74 Å². The molecule has 0 saturated carbocycles. The van der Waals surface area contributed by atoms with Gasteiger partial charge >= 0.3 is 6.03 Å². The minimum atomic E-state index is -0.249. The highest BCUT2D eigenvalue weighted by Crippen LogP contribution is 2.15. The third kappa shape index (κ3) is 5.14. The van der Waals surface area contributed by atoms with E-state index >= 15 is 0 Å². The van der Waals surface area contributed by atoms with E-state index in [9.17, 15) is 4.79 Å². The largest absolute Gasteiger partial charge is 0.494 e. The molecular formula is C16H19N3O2. The SMILES string of the molecule is CCCOc1ccc(NC(=O)NCc2cccnc2)cc1. The Morgan fingerprint density at radius 3 is 2.71 bits per heavy atom. The van der Waals surface area contributed by atoms with Crippen LogP contribution >= 0.6 is 0 Å². The van der Waals surface area contributed by atoms with E-state index < -0.39 is 0 Å². The zero-order valence-electron chi connectivity index (χ0n) is 12.0. The Balaban J connectivity index is 1.79. The van der Waals surface area contributed by atoms with Gasteiger partial charge in [0.25, 0.3) is 0 Å². The summed E-state index contributed by atoms with van der Waals surface area (Å²) >= 11 is 0. The van der Waals surface area contributed by atoms with Gasteiger partial charge in [0.1, 0.15) is 5.75 Å². The van der Waals surface area contributed by atoms with Crippen molar-refractivity contribution in [3.63, 3.8) is 0 Å². The van der Waals surface area contributed by atoms with E-state index in [2.05, 4.69) is 22.5 Å². The number of carbonyl (C=O) groups excluding carboxylic acids is 1. The summed E-state index contributed by atoms with van der Waals surface area (Å²) in [7, 11) is 0. The second-order valence-electron chi connectivity index (χ2n) is 4.54. The summed E-state index contributed by atoms with van der Waals surface area (Å²) in [5, 5.41) is 5.54. The Morgan fingerprint density at radius 1 is 1.24 bits per heavy atom. The van der Waals surface area contributed by atoms with Crippen LogP contribution in [0.1, 0.15) is 18.9 Å². The number of rotatable bonds is 6. The third-order valence-corrected chi connectivity index (χ3v) is 2.76. The summed E-state index contributed by atoms with van der Waals surface area (Å²) in [5.41, 5.74) is 1.68. The number of nitrogens with one attached hydrogen (secondary N) is 2. The van der Waals surface area contributed by atoms with Gasteiger partial charge in [-0.1, -0.05) is 13.0 Å². The zero-order valence-corrected chi connectivity index (χ0v) is 12.0. The number of urea groups is 1. The minimum Gasteiger partial charge on any atom is -0.494 e. The van der Waals surface area contributed by atoms with E-state index in [1.807, 2.05) is 36.4 Å². The van der Waals surface area contributed by atoms with Crippen molar-refractivity contribution in [2.75, 3.05) is 11.9 Å². The summed E-state index contributed by atoms with van der Waals surface area (Å²) in [5.74, 6) is 0.804. The highest BCUT2D eigenvalue weighted by atomic mass is 16.5. The van der Waals surface area contributed by atoms with Crippen molar-refractivity contribution in [3.05, 3.63) is 54.4 Å². The molecule has 5 heteroatoms. The standard InChI is InChI=1S/C16H19N3O2/c1-2-10-21-15-7-5-14(6-8-15)19-16(20)18-12-13-4-3-9-17-11-13/h3-9,11H,2,10,12H2,1H3,(H2,18,19,20). The Bertz CT molecular complexity index is 555. The maximum absolute atomic E-state index is 11.8. The summed E-state index contributed by atoms with van der Waals surface area (Å²) in [4.78, 5) is 15.8. The van der Waals surface area contributed by atoms with Gasteiger partial charge in [0.15, 0.2) is 0 Å². The molecule has 0 aliphatic rings. The van der Waals surface area contributed by atoms with Gasteiger partial charge in [-0.2, -0.15) is 0 Å². The molecule has 0 radical (unpaired) electrons. The molecule has 1 aromatic heterocycles. The van der Waals surface area contributed by atoms with Crippen LogP contribution in [0.4, 0.5) is 10.5 Å². The van der Waals surface area contributed by atoms with E-state index in [-0.39, 0.29) is 6.03 Å². The lowest BCUT2D eigenvalue weighted by Gasteiger charge is -2.09. The average Bonchev–Trinajstić information content (AvgIpc) is 2.53. The van der Waals surface area contributed by atoms with Crippen molar-refractivity contribution in [1.29, 1.82) is 0 Å². The molecular weight excluding hydrogens is 266 g/mol. The molecule has 1 aromatic carbocycles. The average molecular weight is 285 g/mol. The van der Waals surface area contributed by atoms with Crippen LogP contribution in [-0.2, 0) is 6.54 Å². The lowest BCUT2D eigenvalue weighted by molar-refractivity contribution is 0.251. The molecule has 0 fully saturated rings. The number of anilines is 1. The molecule has 0 saturated heterocycles. The van der Waals surface area contributed by atoms with Gasteiger partial charge in [-0.05, 0) is 42.3 Å². The number of benzene rings is 1. The number of aromatic nitrogens is 1. The quantitative estimate of drug-likeness (QED) is 0.856. The third-order valence-electron chi connectivity index (χ3n) is 2.76. The predicted octanol–water partition coefficient (Wildman–Crippen LogP) is 3.19. The summed E-state index contributed by atoms with van der Waals surface area (Å²) in [6, 6.07) is 10.8. The van der Waals surface area contributed by atoms with Crippen molar-refractivity contribution >= 4 is 11.7 Å². The van der Waals surface area contributed by atoms with Gasteiger partial charge in [-0.25, -0.2) is 4.79 Å². The number of hydrogen-bond acceptors (Lipinski definition) is 3. The lowest BCUT2D eigenvalue weighted by atomic mass is 10.3. The fourth-order valence-electron chi connectivity index (χ4n) is 1.71. The van der Waals surface area contributed by atoms with Gasteiger partial charge < -0.3 is 15.4 Å². The molecule has 0 spiro atoms. The molecule has 21 heavy (non-hydrogen) atoms. The smallest absolute Gasteiger partial charge is 0.319 e. The normalized spacial score (nSPS) is 9.95. The van der Waals surface area contributed by atoms with Crippen LogP contribution in [0, 0.1) is 0 Å². The topological polar surface area (TPSA) is 63.2 Å². The predicted molar refractivity (Wildman–Crippen MR) is 82.3 cm³/mol. The molecule has 0 atom stereocenters. The number of ether oxygens (including phenoxy) is 1. The Hall–Kier alpha value is -2.56. The van der Waals surface area contributed by atoms with E-state index in [0.29, 0.717) is 13.2 Å². The fourth-order valence-corrected chi connectivity index (χ4v) is 1.71. The molecule has 0 aliphatic carbocycles. The van der Waals surface area contributed by atoms with Gasteiger partial charge in [0.05, 0.1) is 6.61 Å². The number of hydrogen-bond donors (Lipinski definition) is 2. The van der Waals surface area contributed by atoms with Crippen molar-refractivity contribution in [2.45, 2.75) is 19.9 Å². The van der Waals surface area contributed by atoms with Crippen molar-refractivity contribution in [2.24, 2.45) is 0 Å². The molecule has 2 N–H and O–H groups in total. The minimum absolute atomic E-state index is 0.249. The lowest BCUT2D eigenvalue weighted by Crippen LogP contribution is -2.28. The highest BCUT2D eigenvalue weighted by molar-refractivity contribution is 5.89. The van der Waals surface area contributed by atoms with Gasteiger partial charge in [0.2, 0.25) is 0 Å². The van der Waals surface area contributed by atoms with Crippen molar-refractivity contribution in [1.82, 2.24) is 10.3 Å². The van der Waals surface area contributed by atoms with Crippen LogP contribution in [-0.4, -0.2) is 17.6 Å².